The third kappa shape index (κ3) is 3.39. The number of nitrogens with one attached hydrogen (secondary N) is 1. The number of aryl methyl sites for hydroxylation is 3. The summed E-state index contributed by atoms with van der Waals surface area (Å²) in [5.41, 5.74) is 5.00. The van der Waals surface area contributed by atoms with Gasteiger partial charge in [0.05, 0.1) is 23.6 Å². The Morgan fingerprint density at radius 1 is 1.25 bits per heavy atom. The van der Waals surface area contributed by atoms with Crippen LogP contribution < -0.4 is 10.1 Å². The molecule has 5 rings (SSSR count). The molecule has 1 amide bonds. The van der Waals surface area contributed by atoms with Crippen LogP contribution in [0.15, 0.2) is 48.7 Å². The second-order valence-corrected chi connectivity index (χ2v) is 8.15. The van der Waals surface area contributed by atoms with Gasteiger partial charge in [-0.15, -0.1) is 0 Å². The second kappa shape index (κ2) is 7.75. The first-order chi connectivity index (χ1) is 15.4. The van der Waals surface area contributed by atoms with E-state index in [1.165, 1.54) is 6.07 Å². The van der Waals surface area contributed by atoms with Crippen molar-refractivity contribution >= 4 is 16.8 Å². The Bertz CT molecular complexity index is 1360. The van der Waals surface area contributed by atoms with E-state index >= 15 is 0 Å². The average Bonchev–Trinajstić information content (AvgIpc) is 3.37. The second-order valence-electron chi connectivity index (χ2n) is 8.15. The van der Waals surface area contributed by atoms with Crippen LogP contribution in [0.3, 0.4) is 0 Å². The fraction of sp³-hybridized carbons (Fsp3) is 0.240. The van der Waals surface area contributed by atoms with Gasteiger partial charge in [-0.2, -0.15) is 0 Å². The number of hydrogen-bond acceptors (Lipinski definition) is 4. The van der Waals surface area contributed by atoms with E-state index in [1.54, 1.807) is 12.3 Å². The van der Waals surface area contributed by atoms with Crippen LogP contribution in [0, 0.1) is 19.7 Å². The predicted molar refractivity (Wildman–Crippen MR) is 120 cm³/mol. The van der Waals surface area contributed by atoms with Crippen molar-refractivity contribution in [2.45, 2.75) is 26.4 Å². The van der Waals surface area contributed by atoms with Gasteiger partial charge < -0.3 is 14.6 Å². The van der Waals surface area contributed by atoms with Gasteiger partial charge in [0, 0.05) is 41.7 Å². The van der Waals surface area contributed by atoms with Crippen LogP contribution in [0.25, 0.3) is 22.2 Å². The molecule has 7 heteroatoms. The van der Waals surface area contributed by atoms with Gasteiger partial charge in [-0.3, -0.25) is 9.78 Å². The number of halogens is 1. The maximum absolute atomic E-state index is 14.6. The summed E-state index contributed by atoms with van der Waals surface area (Å²) in [5.74, 6) is -0.0225. The molecule has 32 heavy (non-hydrogen) atoms. The molecular formula is C25H23FN4O2. The first kappa shape index (κ1) is 20.2. The van der Waals surface area contributed by atoms with E-state index in [1.807, 2.05) is 55.8 Å². The molecule has 6 nitrogen and oxygen atoms in total. The number of hydrogen-bond donors (Lipinski definition) is 1. The molecule has 1 aliphatic rings. The van der Waals surface area contributed by atoms with Crippen molar-refractivity contribution in [1.29, 1.82) is 0 Å². The van der Waals surface area contributed by atoms with Gasteiger partial charge >= 0.3 is 0 Å². The van der Waals surface area contributed by atoms with E-state index in [-0.39, 0.29) is 24.4 Å². The van der Waals surface area contributed by atoms with E-state index in [0.717, 1.165) is 27.9 Å². The zero-order chi connectivity index (χ0) is 22.4. The molecule has 4 aromatic rings. The number of nitrogens with zero attached hydrogens (tertiary/aromatic N) is 3. The number of carbonyl (C=O) groups excluding carboxylic acids is 1. The molecule has 1 atom stereocenters. The predicted octanol–water partition coefficient (Wildman–Crippen LogP) is 4.12. The number of rotatable bonds is 4. The van der Waals surface area contributed by atoms with Crippen LogP contribution in [-0.4, -0.2) is 33.1 Å². The lowest BCUT2D eigenvalue weighted by atomic mass is 10.0. The van der Waals surface area contributed by atoms with E-state index in [2.05, 4.69) is 15.3 Å². The van der Waals surface area contributed by atoms with E-state index in [9.17, 15) is 9.18 Å². The van der Waals surface area contributed by atoms with Crippen LogP contribution in [0.2, 0.25) is 0 Å². The highest BCUT2D eigenvalue weighted by Crippen LogP contribution is 2.40. The summed E-state index contributed by atoms with van der Waals surface area (Å²) in [5, 5.41) is 3.95. The SMILES string of the molecule is Cc1cnc(C)c(-c2ccc(F)c3c2O[C@@H](CNC(=O)c2cc4ccccc4n2C)C3)n1. The first-order valence-electron chi connectivity index (χ1n) is 10.5. The number of para-hydroxylation sites is 1. The van der Waals surface area contributed by atoms with Crippen molar-refractivity contribution < 1.29 is 13.9 Å². The van der Waals surface area contributed by atoms with E-state index in [4.69, 9.17) is 4.74 Å². The summed E-state index contributed by atoms with van der Waals surface area (Å²) >= 11 is 0. The first-order valence-corrected chi connectivity index (χ1v) is 10.5. The van der Waals surface area contributed by atoms with Crippen molar-refractivity contribution in [3.63, 3.8) is 0 Å². The minimum Gasteiger partial charge on any atom is -0.487 e. The fourth-order valence-corrected chi connectivity index (χ4v) is 4.26. The lowest BCUT2D eigenvalue weighted by Gasteiger charge is -2.14. The standard InChI is InChI=1S/C25H23FN4O2/c1-14-12-27-15(2)23(29-14)18-8-9-20(26)19-11-17(32-24(18)19)13-28-25(31)22-10-16-6-4-5-7-21(16)30(22)3/h4-10,12,17H,11,13H2,1-3H3,(H,28,31)/t17-/m1/s1. The Kier molecular flexibility index (Phi) is 4.89. The summed E-state index contributed by atoms with van der Waals surface area (Å²) in [6, 6.07) is 12.8. The van der Waals surface area contributed by atoms with Crippen molar-refractivity contribution in [1.82, 2.24) is 19.9 Å². The molecule has 1 N–H and O–H groups in total. The lowest BCUT2D eigenvalue weighted by molar-refractivity contribution is 0.0926. The van der Waals surface area contributed by atoms with Gasteiger partial charge in [0.25, 0.3) is 5.91 Å². The highest BCUT2D eigenvalue weighted by Gasteiger charge is 2.30. The lowest BCUT2D eigenvalue weighted by Crippen LogP contribution is -2.35. The van der Waals surface area contributed by atoms with Crippen molar-refractivity contribution in [2.75, 3.05) is 6.54 Å². The van der Waals surface area contributed by atoms with Gasteiger partial charge in [0.15, 0.2) is 0 Å². The fourth-order valence-electron chi connectivity index (χ4n) is 4.26. The topological polar surface area (TPSA) is 69.0 Å². The van der Waals surface area contributed by atoms with Crippen LogP contribution >= 0.6 is 0 Å². The monoisotopic (exact) mass is 430 g/mol. The quantitative estimate of drug-likeness (QED) is 0.529. The third-order valence-electron chi connectivity index (χ3n) is 5.93. The average molecular weight is 430 g/mol. The zero-order valence-electron chi connectivity index (χ0n) is 18.1. The molecule has 0 unspecified atom stereocenters. The number of carbonyl (C=O) groups is 1. The van der Waals surface area contributed by atoms with Crippen molar-refractivity contribution in [3.8, 4) is 17.0 Å². The number of ether oxygens (including phenoxy) is 1. The van der Waals surface area contributed by atoms with Crippen LogP contribution in [0.5, 0.6) is 5.75 Å². The Labute approximate surface area is 185 Å². The minimum atomic E-state index is -0.364. The molecule has 2 aromatic carbocycles. The van der Waals surface area contributed by atoms with Crippen molar-refractivity contribution in [2.24, 2.45) is 7.05 Å². The molecule has 0 saturated heterocycles. The highest BCUT2D eigenvalue weighted by molar-refractivity contribution is 5.98. The van der Waals surface area contributed by atoms with Gasteiger partial charge in [-0.25, -0.2) is 9.37 Å². The van der Waals surface area contributed by atoms with Gasteiger partial charge in [0.2, 0.25) is 0 Å². The summed E-state index contributed by atoms with van der Waals surface area (Å²) in [4.78, 5) is 21.8. The Morgan fingerprint density at radius 2 is 2.06 bits per heavy atom. The van der Waals surface area contributed by atoms with Crippen LogP contribution in [0.4, 0.5) is 4.39 Å². The zero-order valence-corrected chi connectivity index (χ0v) is 18.1. The van der Waals surface area contributed by atoms with Crippen LogP contribution in [-0.2, 0) is 13.5 Å². The number of benzene rings is 2. The molecule has 0 saturated carbocycles. The molecular weight excluding hydrogens is 407 g/mol. The minimum absolute atomic E-state index is 0.190. The van der Waals surface area contributed by atoms with E-state index in [0.29, 0.717) is 29.1 Å². The Hall–Kier alpha value is -3.74. The summed E-state index contributed by atoms with van der Waals surface area (Å²) < 4.78 is 22.5. The van der Waals surface area contributed by atoms with Gasteiger partial charge in [0.1, 0.15) is 23.4 Å². The smallest absolute Gasteiger partial charge is 0.268 e. The van der Waals surface area contributed by atoms with Crippen LogP contribution in [0.1, 0.15) is 27.4 Å². The molecule has 2 aromatic heterocycles. The molecule has 0 spiro atoms. The Morgan fingerprint density at radius 3 is 2.88 bits per heavy atom. The Balaban J connectivity index is 1.36. The maximum atomic E-state index is 14.6. The number of aromatic nitrogens is 3. The molecule has 0 fully saturated rings. The number of amides is 1. The molecule has 3 heterocycles. The third-order valence-corrected chi connectivity index (χ3v) is 5.93. The molecule has 1 aliphatic heterocycles. The summed E-state index contributed by atoms with van der Waals surface area (Å²) in [6.45, 7) is 4.01. The molecule has 0 radical (unpaired) electrons. The highest BCUT2D eigenvalue weighted by atomic mass is 19.1. The summed E-state index contributed by atoms with van der Waals surface area (Å²) in [6.07, 6.45) is 1.72. The normalized spacial score (nSPS) is 14.9. The van der Waals surface area contributed by atoms with Gasteiger partial charge in [-0.05, 0) is 38.1 Å². The number of fused-ring (bicyclic) bond motifs is 2. The van der Waals surface area contributed by atoms with E-state index < -0.39 is 0 Å². The molecule has 0 aliphatic carbocycles. The molecule has 0 bridgehead atoms. The van der Waals surface area contributed by atoms with Crippen molar-refractivity contribution in [3.05, 3.63) is 77.1 Å². The van der Waals surface area contributed by atoms with Gasteiger partial charge in [-0.1, -0.05) is 18.2 Å². The molecule has 162 valence electrons. The largest absolute Gasteiger partial charge is 0.487 e. The summed E-state index contributed by atoms with van der Waals surface area (Å²) in [7, 11) is 1.87. The maximum Gasteiger partial charge on any atom is 0.268 e.